The van der Waals surface area contributed by atoms with Crippen LogP contribution in [-0.2, 0) is 10.0 Å². The predicted molar refractivity (Wildman–Crippen MR) is 88.6 cm³/mol. The molecule has 0 unspecified atom stereocenters. The number of aliphatic hydroxyl groups excluding tert-OH is 1. The Labute approximate surface area is 146 Å². The molecule has 1 aliphatic carbocycles. The van der Waals surface area contributed by atoms with E-state index >= 15 is 0 Å². The number of hydrogen-bond acceptors (Lipinski definition) is 7. The van der Waals surface area contributed by atoms with Gasteiger partial charge in [0.05, 0.1) is 19.3 Å². The van der Waals surface area contributed by atoms with Crippen molar-refractivity contribution in [2.45, 2.75) is 43.7 Å². The molecule has 0 spiro atoms. The zero-order valence-corrected chi connectivity index (χ0v) is 15.1. The summed E-state index contributed by atoms with van der Waals surface area (Å²) in [4.78, 5) is 4.21. The fraction of sp³-hybridized carbons (Fsp3) is 0.500. The average molecular weight is 367 g/mol. The molecule has 136 valence electrons. The van der Waals surface area contributed by atoms with E-state index in [9.17, 15) is 13.5 Å². The Morgan fingerprint density at radius 3 is 2.56 bits per heavy atom. The van der Waals surface area contributed by atoms with Gasteiger partial charge >= 0.3 is 0 Å². The third-order valence-corrected chi connectivity index (χ3v) is 6.15. The molecular weight excluding hydrogens is 346 g/mol. The van der Waals surface area contributed by atoms with E-state index in [1.165, 1.54) is 7.11 Å². The lowest BCUT2D eigenvalue weighted by molar-refractivity contribution is 0.0279. The van der Waals surface area contributed by atoms with E-state index in [1.807, 2.05) is 0 Å². The lowest BCUT2D eigenvalue weighted by atomic mass is 9.76. The molecule has 8 nitrogen and oxygen atoms in total. The highest BCUT2D eigenvalue weighted by atomic mass is 32.2. The van der Waals surface area contributed by atoms with E-state index in [-0.39, 0.29) is 16.6 Å². The van der Waals surface area contributed by atoms with E-state index in [4.69, 9.17) is 9.26 Å². The van der Waals surface area contributed by atoms with Crippen molar-refractivity contribution in [1.82, 2.24) is 14.9 Å². The number of nitrogens with one attached hydrogen (secondary N) is 1. The van der Waals surface area contributed by atoms with Gasteiger partial charge in [0.15, 0.2) is 5.76 Å². The molecule has 1 aliphatic rings. The minimum atomic E-state index is -3.83. The summed E-state index contributed by atoms with van der Waals surface area (Å²) in [5.41, 5.74) is 1.03. The van der Waals surface area contributed by atoms with E-state index in [1.54, 1.807) is 32.2 Å². The summed E-state index contributed by atoms with van der Waals surface area (Å²) in [6, 6.07) is 2.96. The number of nitrogens with zero attached hydrogens (tertiary/aromatic N) is 2. The number of hydrogen-bond donors (Lipinski definition) is 2. The molecule has 0 bridgehead atoms. The number of aryl methyl sites for hydroxylation is 2. The van der Waals surface area contributed by atoms with E-state index < -0.39 is 22.2 Å². The van der Waals surface area contributed by atoms with Crippen LogP contribution in [0.25, 0.3) is 0 Å². The fourth-order valence-electron chi connectivity index (χ4n) is 3.12. The lowest BCUT2D eigenvalue weighted by Crippen LogP contribution is -2.41. The van der Waals surface area contributed by atoms with Gasteiger partial charge < -0.3 is 14.4 Å². The van der Waals surface area contributed by atoms with Crippen LogP contribution in [0.2, 0.25) is 0 Å². The molecule has 2 N–H and O–H groups in total. The molecule has 2 heterocycles. The van der Waals surface area contributed by atoms with Crippen LogP contribution < -0.4 is 9.46 Å². The van der Waals surface area contributed by atoms with Crippen LogP contribution in [0.3, 0.4) is 0 Å². The highest BCUT2D eigenvalue weighted by Gasteiger charge is 2.38. The number of ether oxygens (including phenoxy) is 1. The molecule has 2 aromatic heterocycles. The number of rotatable bonds is 6. The van der Waals surface area contributed by atoms with Gasteiger partial charge in [0.2, 0.25) is 15.9 Å². The maximum Gasteiger partial charge on any atom is 0.246 e. The highest BCUT2D eigenvalue weighted by molar-refractivity contribution is 7.89. The second-order valence-electron chi connectivity index (χ2n) is 6.27. The van der Waals surface area contributed by atoms with E-state index in [0.717, 1.165) is 0 Å². The first kappa shape index (κ1) is 17.8. The van der Waals surface area contributed by atoms with Gasteiger partial charge in [-0.25, -0.2) is 18.1 Å². The van der Waals surface area contributed by atoms with Crippen molar-refractivity contribution >= 4 is 10.0 Å². The van der Waals surface area contributed by atoms with Gasteiger partial charge in [0, 0.05) is 12.3 Å². The Hall–Kier alpha value is -1.97. The molecule has 9 heteroatoms. The number of aromatic nitrogens is 2. The van der Waals surface area contributed by atoms with Gasteiger partial charge in [-0.3, -0.25) is 0 Å². The summed E-state index contributed by atoms with van der Waals surface area (Å²) < 4.78 is 38.5. The van der Waals surface area contributed by atoms with Crippen LogP contribution in [0.5, 0.6) is 5.88 Å². The van der Waals surface area contributed by atoms with Crippen molar-refractivity contribution in [3.05, 3.63) is 35.3 Å². The number of methoxy groups -OCH3 is 1. The monoisotopic (exact) mass is 367 g/mol. The molecular formula is C16H21N3O5S. The molecule has 0 aromatic carbocycles. The second kappa shape index (κ2) is 6.74. The number of aliphatic hydroxyl groups is 1. The zero-order chi connectivity index (χ0) is 18.2. The molecule has 2 aromatic rings. The van der Waals surface area contributed by atoms with E-state index in [2.05, 4.69) is 14.9 Å². The molecule has 0 aliphatic heterocycles. The van der Waals surface area contributed by atoms with Gasteiger partial charge in [-0.1, -0.05) is 11.2 Å². The SMILES string of the molecule is COc1ccc([C@H](NS(=O)(=O)c2c(C)noc2C)C2CC(O)C2)cn1. The Balaban J connectivity index is 1.92. The molecule has 0 radical (unpaired) electrons. The van der Waals surface area contributed by atoms with Crippen LogP contribution in [0.4, 0.5) is 0 Å². The normalized spacial score (nSPS) is 21.6. The summed E-state index contributed by atoms with van der Waals surface area (Å²) in [6.45, 7) is 3.15. The first-order valence-corrected chi connectivity index (χ1v) is 9.43. The standard InChI is InChI=1S/C16H21N3O5S/c1-9-16(10(2)24-18-9)25(21,22)19-15(12-6-13(20)7-12)11-4-5-14(23-3)17-8-11/h4-5,8,12-13,15,19-20H,6-7H2,1-3H3/t12?,13?,15-/m0/s1. The quantitative estimate of drug-likeness (QED) is 0.795. The zero-order valence-electron chi connectivity index (χ0n) is 14.3. The molecule has 0 amide bonds. The molecule has 25 heavy (non-hydrogen) atoms. The van der Waals surface area contributed by atoms with Crippen molar-refractivity contribution < 1.29 is 22.8 Å². The maximum absolute atomic E-state index is 12.8. The number of pyridine rings is 1. The Morgan fingerprint density at radius 1 is 1.36 bits per heavy atom. The van der Waals surface area contributed by atoms with Crippen molar-refractivity contribution in [2.75, 3.05) is 7.11 Å². The third kappa shape index (κ3) is 3.53. The second-order valence-corrected chi connectivity index (χ2v) is 7.92. The summed E-state index contributed by atoms with van der Waals surface area (Å²) in [5.74, 6) is 0.676. The van der Waals surface area contributed by atoms with Gasteiger partial charge in [0.25, 0.3) is 0 Å². The van der Waals surface area contributed by atoms with E-state index in [0.29, 0.717) is 30.0 Å². The fourth-order valence-corrected chi connectivity index (χ4v) is 4.74. The Kier molecular flexibility index (Phi) is 4.81. The first-order chi connectivity index (χ1) is 11.8. The van der Waals surface area contributed by atoms with Gasteiger partial charge in [0.1, 0.15) is 10.6 Å². The van der Waals surface area contributed by atoms with Gasteiger partial charge in [-0.15, -0.1) is 0 Å². The predicted octanol–water partition coefficient (Wildman–Crippen LogP) is 1.49. The van der Waals surface area contributed by atoms with Crippen LogP contribution >= 0.6 is 0 Å². The van der Waals surface area contributed by atoms with Crippen LogP contribution in [0.1, 0.15) is 35.9 Å². The summed E-state index contributed by atoms with van der Waals surface area (Å²) >= 11 is 0. The largest absolute Gasteiger partial charge is 0.481 e. The summed E-state index contributed by atoms with van der Waals surface area (Å²) in [6.07, 6.45) is 2.24. The van der Waals surface area contributed by atoms with Crippen molar-refractivity contribution in [3.8, 4) is 5.88 Å². The topological polar surface area (TPSA) is 115 Å². The molecule has 1 fully saturated rings. The Morgan fingerprint density at radius 2 is 2.08 bits per heavy atom. The van der Waals surface area contributed by atoms with Crippen molar-refractivity contribution in [3.63, 3.8) is 0 Å². The average Bonchev–Trinajstić information content (AvgIpc) is 2.89. The van der Waals surface area contributed by atoms with Gasteiger partial charge in [-0.05, 0) is 38.2 Å². The Bertz CT molecular complexity index is 822. The maximum atomic E-state index is 12.8. The summed E-state index contributed by atoms with van der Waals surface area (Å²) in [5, 5.41) is 13.3. The van der Waals surface area contributed by atoms with Crippen LogP contribution in [0.15, 0.2) is 27.7 Å². The van der Waals surface area contributed by atoms with Crippen LogP contribution in [0, 0.1) is 19.8 Å². The first-order valence-electron chi connectivity index (χ1n) is 7.95. The van der Waals surface area contributed by atoms with Crippen molar-refractivity contribution in [2.24, 2.45) is 5.92 Å². The molecule has 3 rings (SSSR count). The lowest BCUT2D eigenvalue weighted by Gasteiger charge is -2.38. The minimum Gasteiger partial charge on any atom is -0.481 e. The third-order valence-electron chi connectivity index (χ3n) is 4.47. The molecule has 1 atom stereocenters. The smallest absolute Gasteiger partial charge is 0.246 e. The highest BCUT2D eigenvalue weighted by Crippen LogP contribution is 2.39. The number of sulfonamides is 1. The molecule has 1 saturated carbocycles. The minimum absolute atomic E-state index is 0.0135. The van der Waals surface area contributed by atoms with Crippen molar-refractivity contribution in [1.29, 1.82) is 0 Å². The molecule has 0 saturated heterocycles. The van der Waals surface area contributed by atoms with Crippen LogP contribution in [-0.4, -0.2) is 36.9 Å². The van der Waals surface area contributed by atoms with Gasteiger partial charge in [-0.2, -0.15) is 0 Å². The summed E-state index contributed by atoms with van der Waals surface area (Å²) in [7, 11) is -2.31.